The average molecular weight is 526 g/mol. The van der Waals surface area contributed by atoms with Gasteiger partial charge in [-0.2, -0.15) is 0 Å². The normalized spacial score (nSPS) is 12.6. The van der Waals surface area contributed by atoms with Crippen molar-refractivity contribution in [2.24, 2.45) is 0 Å². The maximum Gasteiger partial charge on any atom is 0.243 e. The van der Waals surface area contributed by atoms with Gasteiger partial charge in [-0.25, -0.2) is 0 Å². The summed E-state index contributed by atoms with van der Waals surface area (Å²) in [5.41, 5.74) is 4.81. The van der Waals surface area contributed by atoms with Crippen molar-refractivity contribution in [3.05, 3.63) is 105 Å². The first kappa shape index (κ1) is 27.8. The monoisotopic (exact) mass is 524 g/mol. The Bertz CT molecular complexity index is 1200. The van der Waals surface area contributed by atoms with Crippen LogP contribution in [0.15, 0.2) is 66.7 Å². The number of halogens is 2. The average Bonchev–Trinajstić information content (AvgIpc) is 2.85. The number of amides is 2. The van der Waals surface area contributed by atoms with Crippen LogP contribution in [0.1, 0.15) is 48.1 Å². The quantitative estimate of drug-likeness (QED) is 0.320. The summed E-state index contributed by atoms with van der Waals surface area (Å²) in [6.45, 7) is 8.20. The summed E-state index contributed by atoms with van der Waals surface area (Å²) in [5.74, 6) is -0.303. The molecule has 0 aromatic heterocycles. The third-order valence-electron chi connectivity index (χ3n) is 6.47. The highest BCUT2D eigenvalue weighted by atomic mass is 35.5. The smallest absolute Gasteiger partial charge is 0.243 e. The molecule has 0 aliphatic heterocycles. The molecule has 2 atom stereocenters. The summed E-state index contributed by atoms with van der Waals surface area (Å²) in [7, 11) is 0. The predicted octanol–water partition coefficient (Wildman–Crippen LogP) is 6.71. The van der Waals surface area contributed by atoms with Gasteiger partial charge in [0.05, 0.1) is 6.42 Å². The second-order valence-corrected chi connectivity index (χ2v) is 10.2. The number of carbonyl (C=O) groups is 2. The number of carbonyl (C=O) groups excluding carboxylic acids is 2. The van der Waals surface area contributed by atoms with E-state index in [1.54, 1.807) is 17.0 Å². The van der Waals surface area contributed by atoms with Crippen LogP contribution in [-0.4, -0.2) is 28.8 Å². The molecule has 2 amide bonds. The van der Waals surface area contributed by atoms with Crippen LogP contribution in [0, 0.1) is 13.8 Å². The molecule has 0 saturated heterocycles. The Morgan fingerprint density at radius 1 is 0.944 bits per heavy atom. The predicted molar refractivity (Wildman–Crippen MR) is 148 cm³/mol. The molecular weight excluding hydrogens is 491 g/mol. The minimum Gasteiger partial charge on any atom is -0.352 e. The van der Waals surface area contributed by atoms with Gasteiger partial charge < -0.3 is 10.2 Å². The van der Waals surface area contributed by atoms with Crippen LogP contribution in [0.4, 0.5) is 0 Å². The van der Waals surface area contributed by atoms with Gasteiger partial charge >= 0.3 is 0 Å². The van der Waals surface area contributed by atoms with Crippen LogP contribution in [0.2, 0.25) is 10.0 Å². The van der Waals surface area contributed by atoms with Gasteiger partial charge in [-0.3, -0.25) is 9.59 Å². The lowest BCUT2D eigenvalue weighted by atomic mass is 9.99. The first-order valence-electron chi connectivity index (χ1n) is 12.3. The van der Waals surface area contributed by atoms with Gasteiger partial charge in [0.1, 0.15) is 6.04 Å². The van der Waals surface area contributed by atoms with Gasteiger partial charge in [0.25, 0.3) is 0 Å². The number of hydrogen-bond donors (Lipinski definition) is 1. The maximum absolute atomic E-state index is 13.9. The van der Waals surface area contributed by atoms with Crippen molar-refractivity contribution in [1.29, 1.82) is 0 Å². The highest BCUT2D eigenvalue weighted by Gasteiger charge is 2.31. The van der Waals surface area contributed by atoms with E-state index in [2.05, 4.69) is 5.32 Å². The Morgan fingerprint density at radius 3 is 2.33 bits per heavy atom. The molecule has 0 spiro atoms. The third-order valence-corrected chi connectivity index (χ3v) is 7.06. The summed E-state index contributed by atoms with van der Waals surface area (Å²) < 4.78 is 0. The lowest BCUT2D eigenvalue weighted by molar-refractivity contribution is -0.141. The van der Waals surface area contributed by atoms with E-state index in [-0.39, 0.29) is 30.8 Å². The number of aryl methyl sites for hydroxylation is 2. The molecule has 3 rings (SSSR count). The molecule has 0 unspecified atom stereocenters. The topological polar surface area (TPSA) is 49.4 Å². The first-order chi connectivity index (χ1) is 17.2. The standard InChI is InChI=1S/C30H34Cl2N2O2/c1-5-22(4)33-30(36)28(16-23-9-7-6-8-10-23)34(19-24-13-14-26(31)18-27(24)32)29(35)17-25-15-20(2)11-12-21(25)3/h6-15,18,22,28H,5,16-17,19H2,1-4H3,(H,33,36)/t22-,28+/m1/s1. The van der Waals surface area contributed by atoms with Crippen LogP contribution in [-0.2, 0) is 29.0 Å². The molecule has 0 radical (unpaired) electrons. The van der Waals surface area contributed by atoms with E-state index in [1.165, 1.54) is 0 Å². The van der Waals surface area contributed by atoms with E-state index in [4.69, 9.17) is 23.2 Å². The van der Waals surface area contributed by atoms with Crippen LogP contribution in [0.25, 0.3) is 0 Å². The van der Waals surface area contributed by atoms with Gasteiger partial charge in [0.2, 0.25) is 11.8 Å². The van der Waals surface area contributed by atoms with Gasteiger partial charge in [-0.15, -0.1) is 0 Å². The fraction of sp³-hybridized carbons (Fsp3) is 0.333. The van der Waals surface area contributed by atoms with Crippen molar-refractivity contribution in [2.75, 3.05) is 0 Å². The van der Waals surface area contributed by atoms with Crippen LogP contribution in [0.3, 0.4) is 0 Å². The highest BCUT2D eigenvalue weighted by Crippen LogP contribution is 2.25. The SMILES string of the molecule is CC[C@@H](C)NC(=O)[C@H](Cc1ccccc1)N(Cc1ccc(Cl)cc1Cl)C(=O)Cc1cc(C)ccc1C. The summed E-state index contributed by atoms with van der Waals surface area (Å²) >= 11 is 12.6. The van der Waals surface area contributed by atoms with Crippen molar-refractivity contribution in [2.45, 2.75) is 65.6 Å². The molecule has 0 aliphatic rings. The zero-order chi connectivity index (χ0) is 26.2. The zero-order valence-corrected chi connectivity index (χ0v) is 22.9. The van der Waals surface area contributed by atoms with Gasteiger partial charge in [0.15, 0.2) is 0 Å². The summed E-state index contributed by atoms with van der Waals surface area (Å²) in [5, 5.41) is 4.08. The van der Waals surface area contributed by atoms with Crippen molar-refractivity contribution >= 4 is 35.0 Å². The Hall–Kier alpha value is -2.82. The lowest BCUT2D eigenvalue weighted by Gasteiger charge is -2.33. The molecule has 1 N–H and O–H groups in total. The fourth-order valence-electron chi connectivity index (χ4n) is 4.08. The van der Waals surface area contributed by atoms with Gasteiger partial charge in [-0.05, 0) is 61.6 Å². The zero-order valence-electron chi connectivity index (χ0n) is 21.4. The number of benzene rings is 3. The number of hydrogen-bond acceptors (Lipinski definition) is 2. The Morgan fingerprint density at radius 2 is 1.67 bits per heavy atom. The van der Waals surface area contributed by atoms with Crippen molar-refractivity contribution in [1.82, 2.24) is 10.2 Å². The largest absolute Gasteiger partial charge is 0.352 e. The minimum atomic E-state index is -0.703. The van der Waals surface area contributed by atoms with Gasteiger partial charge in [0, 0.05) is 29.1 Å². The lowest BCUT2D eigenvalue weighted by Crippen LogP contribution is -2.52. The van der Waals surface area contributed by atoms with Crippen LogP contribution >= 0.6 is 23.2 Å². The number of nitrogens with one attached hydrogen (secondary N) is 1. The number of nitrogens with zero attached hydrogens (tertiary/aromatic N) is 1. The van der Waals surface area contributed by atoms with E-state index in [9.17, 15) is 9.59 Å². The van der Waals surface area contributed by atoms with E-state index in [1.807, 2.05) is 82.3 Å². The van der Waals surface area contributed by atoms with E-state index in [0.717, 1.165) is 34.2 Å². The number of rotatable bonds is 10. The molecule has 3 aromatic rings. The van der Waals surface area contributed by atoms with Gasteiger partial charge in [-0.1, -0.05) is 90.3 Å². The van der Waals surface area contributed by atoms with Crippen LogP contribution < -0.4 is 5.32 Å². The third kappa shape index (κ3) is 7.59. The second kappa shape index (κ2) is 12.9. The van der Waals surface area contributed by atoms with E-state index < -0.39 is 6.04 Å². The summed E-state index contributed by atoms with van der Waals surface area (Å²) in [6, 6.07) is 20.4. The van der Waals surface area contributed by atoms with Crippen molar-refractivity contribution < 1.29 is 9.59 Å². The molecule has 0 saturated carbocycles. The molecule has 6 heteroatoms. The van der Waals surface area contributed by atoms with Crippen LogP contribution in [0.5, 0.6) is 0 Å². The Labute approximate surface area is 224 Å². The fourth-order valence-corrected chi connectivity index (χ4v) is 4.55. The van der Waals surface area contributed by atoms with Crippen molar-refractivity contribution in [3.8, 4) is 0 Å². The Kier molecular flexibility index (Phi) is 9.98. The van der Waals surface area contributed by atoms with E-state index >= 15 is 0 Å². The summed E-state index contributed by atoms with van der Waals surface area (Å²) in [6.07, 6.45) is 1.39. The Balaban J connectivity index is 2.03. The molecule has 3 aromatic carbocycles. The highest BCUT2D eigenvalue weighted by molar-refractivity contribution is 6.35. The molecule has 36 heavy (non-hydrogen) atoms. The molecular formula is C30H34Cl2N2O2. The minimum absolute atomic E-state index is 0.00846. The maximum atomic E-state index is 13.9. The summed E-state index contributed by atoms with van der Waals surface area (Å²) in [4.78, 5) is 29.2. The van der Waals surface area contributed by atoms with Crippen molar-refractivity contribution in [3.63, 3.8) is 0 Å². The second-order valence-electron chi connectivity index (χ2n) is 9.39. The molecule has 0 aliphatic carbocycles. The first-order valence-corrected chi connectivity index (χ1v) is 13.1. The molecule has 0 heterocycles. The van der Waals surface area contributed by atoms with E-state index in [0.29, 0.717) is 16.5 Å². The molecule has 0 bridgehead atoms. The molecule has 0 fully saturated rings. The molecule has 4 nitrogen and oxygen atoms in total. The molecule has 190 valence electrons.